The largest absolute Gasteiger partial charge is 0.377 e. The second kappa shape index (κ2) is 4.25. The number of terminal acetylenes is 1. The lowest BCUT2D eigenvalue weighted by Gasteiger charge is -2.60. The van der Waals surface area contributed by atoms with Gasteiger partial charge in [0.25, 0.3) is 0 Å². The Balaban J connectivity index is 2.12. The Morgan fingerprint density at radius 3 is 2.94 bits per heavy atom. The van der Waals surface area contributed by atoms with Crippen LogP contribution in [0.5, 0.6) is 0 Å². The second-order valence-corrected chi connectivity index (χ2v) is 6.06. The minimum atomic E-state index is -0.836. The predicted molar refractivity (Wildman–Crippen MR) is 69.6 cm³/mol. The van der Waals surface area contributed by atoms with Gasteiger partial charge in [0, 0.05) is 30.4 Å². The summed E-state index contributed by atoms with van der Waals surface area (Å²) < 4.78 is 5.67. The van der Waals surface area contributed by atoms with Crippen LogP contribution in [0.1, 0.15) is 33.6 Å². The van der Waals surface area contributed by atoms with Gasteiger partial charge >= 0.3 is 0 Å². The summed E-state index contributed by atoms with van der Waals surface area (Å²) in [7, 11) is 0. The number of amides is 1. The molecule has 1 saturated carbocycles. The Morgan fingerprint density at radius 1 is 1.67 bits per heavy atom. The van der Waals surface area contributed by atoms with E-state index in [0.29, 0.717) is 13.0 Å². The first-order valence-electron chi connectivity index (χ1n) is 6.50. The summed E-state index contributed by atoms with van der Waals surface area (Å²) >= 11 is 0. The van der Waals surface area contributed by atoms with Gasteiger partial charge in [0.2, 0.25) is 5.91 Å². The summed E-state index contributed by atoms with van der Waals surface area (Å²) in [6, 6.07) is -0.0416. The topological polar surface area (TPSA) is 64.4 Å². The van der Waals surface area contributed by atoms with E-state index >= 15 is 0 Å². The van der Waals surface area contributed by atoms with Crippen molar-refractivity contribution in [2.24, 2.45) is 17.1 Å². The van der Waals surface area contributed by atoms with Crippen LogP contribution in [0.25, 0.3) is 0 Å². The lowest BCUT2D eigenvalue weighted by molar-refractivity contribution is -0.175. The van der Waals surface area contributed by atoms with Crippen LogP contribution in [0, 0.1) is 23.7 Å². The fraction of sp³-hybridized carbons (Fsp3) is 0.786. The molecule has 0 aromatic rings. The van der Waals surface area contributed by atoms with Crippen LogP contribution in [0.15, 0.2) is 0 Å². The van der Waals surface area contributed by atoms with E-state index < -0.39 is 5.54 Å². The highest BCUT2D eigenvalue weighted by atomic mass is 16.5. The smallest absolute Gasteiger partial charge is 0.241 e. The van der Waals surface area contributed by atoms with Crippen molar-refractivity contribution >= 4 is 5.91 Å². The molecule has 0 radical (unpaired) electrons. The first-order chi connectivity index (χ1) is 8.35. The molecule has 100 valence electrons. The standard InChI is InChI=1S/C14H22N2O2/c1-5-6-9(2)16-12(17)14(15)10-7-8-18-11(10)13(14,3)4/h1,9-11H,6-8,15H2,2-4H3,(H,16,17). The predicted octanol–water partition coefficient (Wildman–Crippen LogP) is 0.657. The molecule has 0 aromatic heterocycles. The van der Waals surface area contributed by atoms with Gasteiger partial charge in [-0.1, -0.05) is 13.8 Å². The van der Waals surface area contributed by atoms with Crippen molar-refractivity contribution in [3.05, 3.63) is 0 Å². The summed E-state index contributed by atoms with van der Waals surface area (Å²) in [5.74, 6) is 2.58. The normalized spacial score (nSPS) is 38.2. The third-order valence-corrected chi connectivity index (χ3v) is 4.63. The molecule has 18 heavy (non-hydrogen) atoms. The van der Waals surface area contributed by atoms with Crippen molar-refractivity contribution in [2.75, 3.05) is 6.61 Å². The van der Waals surface area contributed by atoms with E-state index in [1.807, 2.05) is 20.8 Å². The van der Waals surface area contributed by atoms with E-state index in [9.17, 15) is 4.79 Å². The fourth-order valence-corrected chi connectivity index (χ4v) is 3.42. The molecule has 1 aliphatic heterocycles. The van der Waals surface area contributed by atoms with E-state index in [4.69, 9.17) is 16.9 Å². The van der Waals surface area contributed by atoms with Crippen LogP contribution < -0.4 is 11.1 Å². The highest BCUT2D eigenvalue weighted by Crippen LogP contribution is 2.58. The Morgan fingerprint density at radius 2 is 2.33 bits per heavy atom. The molecule has 2 fully saturated rings. The summed E-state index contributed by atoms with van der Waals surface area (Å²) in [5.41, 5.74) is 5.25. The Bertz CT molecular complexity index is 399. The number of ether oxygens (including phenoxy) is 1. The molecular formula is C14H22N2O2. The summed E-state index contributed by atoms with van der Waals surface area (Å²) in [5, 5.41) is 2.93. The van der Waals surface area contributed by atoms with Gasteiger partial charge in [0.1, 0.15) is 5.54 Å². The van der Waals surface area contributed by atoms with Crippen LogP contribution in [0.3, 0.4) is 0 Å². The average Bonchev–Trinajstić information content (AvgIpc) is 2.75. The molecule has 2 aliphatic rings. The molecular weight excluding hydrogens is 228 g/mol. The summed E-state index contributed by atoms with van der Waals surface area (Å²) in [4.78, 5) is 12.4. The van der Waals surface area contributed by atoms with E-state index in [1.165, 1.54) is 0 Å². The number of nitrogens with one attached hydrogen (secondary N) is 1. The monoisotopic (exact) mass is 250 g/mol. The third-order valence-electron chi connectivity index (χ3n) is 4.63. The van der Waals surface area contributed by atoms with E-state index in [2.05, 4.69) is 11.2 Å². The first kappa shape index (κ1) is 13.4. The second-order valence-electron chi connectivity index (χ2n) is 6.06. The van der Waals surface area contributed by atoms with E-state index in [1.54, 1.807) is 0 Å². The molecule has 4 atom stereocenters. The molecule has 0 aromatic carbocycles. The maximum absolute atomic E-state index is 12.4. The molecule has 1 aliphatic carbocycles. The van der Waals surface area contributed by atoms with Crippen molar-refractivity contribution in [1.82, 2.24) is 5.32 Å². The van der Waals surface area contributed by atoms with Gasteiger partial charge in [-0.25, -0.2) is 0 Å². The fourth-order valence-electron chi connectivity index (χ4n) is 3.42. The van der Waals surface area contributed by atoms with Gasteiger partial charge in [-0.15, -0.1) is 12.3 Å². The van der Waals surface area contributed by atoms with Gasteiger partial charge in [-0.05, 0) is 13.3 Å². The zero-order valence-corrected chi connectivity index (χ0v) is 11.3. The van der Waals surface area contributed by atoms with Gasteiger partial charge in [0.05, 0.1) is 6.10 Å². The SMILES string of the molecule is C#CCC(C)NC(=O)C1(N)C2CCOC2C1(C)C. The van der Waals surface area contributed by atoms with Crippen molar-refractivity contribution < 1.29 is 9.53 Å². The van der Waals surface area contributed by atoms with Gasteiger partial charge in [-0.3, -0.25) is 4.79 Å². The first-order valence-corrected chi connectivity index (χ1v) is 6.50. The number of hydrogen-bond acceptors (Lipinski definition) is 3. The lowest BCUT2D eigenvalue weighted by atomic mass is 9.48. The molecule has 4 heteroatoms. The third kappa shape index (κ3) is 1.58. The minimum Gasteiger partial charge on any atom is -0.377 e. The van der Waals surface area contributed by atoms with Crippen LogP contribution in [-0.2, 0) is 9.53 Å². The number of fused-ring (bicyclic) bond motifs is 1. The number of rotatable bonds is 3. The number of carbonyl (C=O) groups excluding carboxylic acids is 1. The number of carbonyl (C=O) groups is 1. The van der Waals surface area contributed by atoms with Crippen LogP contribution in [0.2, 0.25) is 0 Å². The molecule has 4 nitrogen and oxygen atoms in total. The molecule has 1 amide bonds. The minimum absolute atomic E-state index is 0.0416. The molecule has 0 spiro atoms. The molecule has 2 rings (SSSR count). The Kier molecular flexibility index (Phi) is 3.16. The molecule has 1 heterocycles. The maximum Gasteiger partial charge on any atom is 0.241 e. The van der Waals surface area contributed by atoms with E-state index in [0.717, 1.165) is 6.42 Å². The summed E-state index contributed by atoms with van der Waals surface area (Å²) in [6.45, 7) is 6.61. The van der Waals surface area contributed by atoms with Crippen LogP contribution >= 0.6 is 0 Å². The van der Waals surface area contributed by atoms with Crippen molar-refractivity contribution in [3.63, 3.8) is 0 Å². The zero-order chi connectivity index (χ0) is 13.6. The lowest BCUT2D eigenvalue weighted by Crippen LogP contribution is -2.80. The zero-order valence-electron chi connectivity index (χ0n) is 11.3. The van der Waals surface area contributed by atoms with E-state index in [-0.39, 0.29) is 29.4 Å². The molecule has 1 saturated heterocycles. The quantitative estimate of drug-likeness (QED) is 0.723. The average molecular weight is 250 g/mol. The van der Waals surface area contributed by atoms with Crippen molar-refractivity contribution in [3.8, 4) is 12.3 Å². The number of hydrogen-bond donors (Lipinski definition) is 2. The molecule has 3 N–H and O–H groups in total. The Hall–Kier alpha value is -1.05. The molecule has 0 bridgehead atoms. The van der Waals surface area contributed by atoms with Gasteiger partial charge < -0.3 is 15.8 Å². The molecule has 4 unspecified atom stereocenters. The van der Waals surface area contributed by atoms with Crippen molar-refractivity contribution in [2.45, 2.75) is 51.3 Å². The van der Waals surface area contributed by atoms with Gasteiger partial charge in [0.15, 0.2) is 0 Å². The van der Waals surface area contributed by atoms with Crippen LogP contribution in [-0.4, -0.2) is 30.2 Å². The van der Waals surface area contributed by atoms with Gasteiger partial charge in [-0.2, -0.15) is 0 Å². The Labute approximate surface area is 109 Å². The highest BCUT2D eigenvalue weighted by Gasteiger charge is 2.71. The number of nitrogens with two attached hydrogens (primary N) is 1. The highest BCUT2D eigenvalue weighted by molar-refractivity contribution is 5.89. The van der Waals surface area contributed by atoms with Crippen molar-refractivity contribution in [1.29, 1.82) is 0 Å². The summed E-state index contributed by atoms with van der Waals surface area (Å²) in [6.07, 6.45) is 6.74. The maximum atomic E-state index is 12.4. The van der Waals surface area contributed by atoms with Crippen LogP contribution in [0.4, 0.5) is 0 Å².